The molecule has 0 unspecified atom stereocenters. The summed E-state index contributed by atoms with van der Waals surface area (Å²) in [5.41, 5.74) is 1.39. The molecule has 1 N–H and O–H groups in total. The van der Waals surface area contributed by atoms with Crippen molar-refractivity contribution in [2.45, 2.75) is 6.61 Å². The van der Waals surface area contributed by atoms with Gasteiger partial charge in [0.2, 0.25) is 0 Å². The molecule has 0 saturated heterocycles. The number of halogens is 2. The Bertz CT molecular complexity index is 484. The van der Waals surface area contributed by atoms with Crippen LogP contribution in [0.25, 0.3) is 11.3 Å². The number of aliphatic hydroxyl groups excluding tert-OH is 1. The summed E-state index contributed by atoms with van der Waals surface area (Å²) in [6, 6.07) is 7.13. The third-order valence-corrected chi connectivity index (χ3v) is 2.74. The fourth-order valence-electron chi connectivity index (χ4n) is 1.21. The molecule has 2 aromatic rings. The van der Waals surface area contributed by atoms with E-state index in [2.05, 4.69) is 21.1 Å². The third-order valence-electron chi connectivity index (χ3n) is 1.92. The maximum Gasteiger partial charge on any atom is 0.162 e. The highest BCUT2D eigenvalue weighted by molar-refractivity contribution is 9.10. The molecule has 0 aliphatic rings. The summed E-state index contributed by atoms with van der Waals surface area (Å²) in [6.45, 7) is -0.168. The van der Waals surface area contributed by atoms with Gasteiger partial charge in [-0.25, -0.2) is 0 Å². The van der Waals surface area contributed by atoms with E-state index in [0.717, 1.165) is 10.0 Å². The van der Waals surface area contributed by atoms with Crippen LogP contribution in [-0.2, 0) is 6.61 Å². The van der Waals surface area contributed by atoms with Crippen molar-refractivity contribution >= 4 is 27.5 Å². The molecule has 1 aromatic heterocycles. The van der Waals surface area contributed by atoms with Gasteiger partial charge in [-0.15, -0.1) is 0 Å². The first-order valence-corrected chi connectivity index (χ1v) is 5.39. The van der Waals surface area contributed by atoms with Gasteiger partial charge >= 0.3 is 0 Å². The van der Waals surface area contributed by atoms with Crippen LogP contribution in [0.2, 0.25) is 5.02 Å². The fourth-order valence-corrected chi connectivity index (χ4v) is 1.78. The molecular formula is C10H7BrClNO2. The van der Waals surface area contributed by atoms with Crippen molar-refractivity contribution in [3.63, 3.8) is 0 Å². The van der Waals surface area contributed by atoms with E-state index >= 15 is 0 Å². The fraction of sp³-hybridized carbons (Fsp3) is 0.100. The van der Waals surface area contributed by atoms with Gasteiger partial charge in [-0.3, -0.25) is 0 Å². The summed E-state index contributed by atoms with van der Waals surface area (Å²) in [4.78, 5) is 0. The van der Waals surface area contributed by atoms with Gasteiger partial charge in [0.25, 0.3) is 0 Å². The Morgan fingerprint density at radius 3 is 2.87 bits per heavy atom. The van der Waals surface area contributed by atoms with Gasteiger partial charge in [0.05, 0.1) is 5.02 Å². The molecule has 0 amide bonds. The van der Waals surface area contributed by atoms with Gasteiger partial charge in [0.1, 0.15) is 12.3 Å². The molecule has 1 aromatic carbocycles. The lowest BCUT2D eigenvalue weighted by molar-refractivity contribution is 0.229. The van der Waals surface area contributed by atoms with E-state index in [1.165, 1.54) is 0 Å². The zero-order valence-electron chi connectivity index (χ0n) is 7.58. The van der Waals surface area contributed by atoms with Crippen LogP contribution < -0.4 is 0 Å². The topological polar surface area (TPSA) is 46.3 Å². The van der Waals surface area contributed by atoms with Crippen LogP contribution in [0.1, 0.15) is 5.76 Å². The largest absolute Gasteiger partial charge is 0.388 e. The maximum absolute atomic E-state index is 8.85. The van der Waals surface area contributed by atoms with Gasteiger partial charge in [-0.1, -0.05) is 32.7 Å². The molecular weight excluding hydrogens is 281 g/mol. The number of hydrogen-bond acceptors (Lipinski definition) is 3. The lowest BCUT2D eigenvalue weighted by Gasteiger charge is -1.99. The maximum atomic E-state index is 8.85. The summed E-state index contributed by atoms with van der Waals surface area (Å²) in [5.74, 6) is 0.418. The minimum absolute atomic E-state index is 0.168. The zero-order valence-corrected chi connectivity index (χ0v) is 9.92. The highest BCUT2D eigenvalue weighted by atomic mass is 79.9. The summed E-state index contributed by atoms with van der Waals surface area (Å²) < 4.78 is 5.80. The van der Waals surface area contributed by atoms with Crippen LogP contribution in [0.4, 0.5) is 0 Å². The van der Waals surface area contributed by atoms with E-state index in [-0.39, 0.29) is 6.61 Å². The first kappa shape index (κ1) is 10.7. The average Bonchev–Trinajstić information content (AvgIpc) is 2.70. The lowest BCUT2D eigenvalue weighted by atomic mass is 10.1. The quantitative estimate of drug-likeness (QED) is 0.922. The van der Waals surface area contributed by atoms with E-state index in [0.29, 0.717) is 16.5 Å². The van der Waals surface area contributed by atoms with Crippen LogP contribution >= 0.6 is 27.5 Å². The number of aromatic nitrogens is 1. The number of rotatable bonds is 2. The van der Waals surface area contributed by atoms with Crippen molar-refractivity contribution in [3.05, 3.63) is 39.5 Å². The lowest BCUT2D eigenvalue weighted by Crippen LogP contribution is -1.79. The Morgan fingerprint density at radius 1 is 1.40 bits per heavy atom. The smallest absolute Gasteiger partial charge is 0.162 e. The Labute approximate surface area is 99.8 Å². The normalized spacial score (nSPS) is 10.6. The van der Waals surface area contributed by atoms with E-state index < -0.39 is 0 Å². The van der Waals surface area contributed by atoms with Gasteiger partial charge in [0, 0.05) is 16.1 Å². The summed E-state index contributed by atoms with van der Waals surface area (Å²) >= 11 is 9.37. The molecule has 3 nitrogen and oxygen atoms in total. The van der Waals surface area contributed by atoms with E-state index in [9.17, 15) is 0 Å². The number of hydrogen-bond donors (Lipinski definition) is 1. The van der Waals surface area contributed by atoms with Crippen LogP contribution in [-0.4, -0.2) is 10.3 Å². The minimum atomic E-state index is -0.168. The molecule has 0 radical (unpaired) electrons. The predicted octanol–water partition coefficient (Wildman–Crippen LogP) is 3.25. The van der Waals surface area contributed by atoms with Crippen molar-refractivity contribution in [1.29, 1.82) is 0 Å². The molecule has 0 spiro atoms. The SMILES string of the molecule is OCc1cc(-c2cc(Br)ccc2Cl)no1. The predicted molar refractivity (Wildman–Crippen MR) is 60.6 cm³/mol. The van der Waals surface area contributed by atoms with Gasteiger partial charge in [-0.05, 0) is 18.2 Å². The second-order valence-electron chi connectivity index (χ2n) is 2.96. The van der Waals surface area contributed by atoms with Crippen molar-refractivity contribution in [1.82, 2.24) is 5.16 Å². The molecule has 0 saturated carbocycles. The van der Waals surface area contributed by atoms with Crippen molar-refractivity contribution in [2.75, 3.05) is 0 Å². The molecule has 0 bridgehead atoms. The minimum Gasteiger partial charge on any atom is -0.388 e. The average molecular weight is 289 g/mol. The first-order valence-electron chi connectivity index (χ1n) is 4.22. The van der Waals surface area contributed by atoms with Crippen LogP contribution in [0.15, 0.2) is 33.3 Å². The van der Waals surface area contributed by atoms with Gasteiger partial charge in [0.15, 0.2) is 5.76 Å². The van der Waals surface area contributed by atoms with Crippen LogP contribution in [0, 0.1) is 0 Å². The molecule has 0 fully saturated rings. The molecule has 1 heterocycles. The Balaban J connectivity index is 2.48. The van der Waals surface area contributed by atoms with E-state index in [4.69, 9.17) is 21.2 Å². The summed E-state index contributed by atoms with van der Waals surface area (Å²) in [6.07, 6.45) is 0. The second-order valence-corrected chi connectivity index (χ2v) is 4.28. The van der Waals surface area contributed by atoms with E-state index in [1.54, 1.807) is 12.1 Å². The van der Waals surface area contributed by atoms with Crippen molar-refractivity contribution in [2.24, 2.45) is 0 Å². The first-order chi connectivity index (χ1) is 7.20. The Kier molecular flexibility index (Phi) is 3.09. The van der Waals surface area contributed by atoms with Crippen molar-refractivity contribution in [3.8, 4) is 11.3 Å². The zero-order chi connectivity index (χ0) is 10.8. The number of aliphatic hydroxyl groups is 1. The molecule has 2 rings (SSSR count). The van der Waals surface area contributed by atoms with E-state index in [1.807, 2.05) is 12.1 Å². The highest BCUT2D eigenvalue weighted by Crippen LogP contribution is 2.30. The summed E-state index contributed by atoms with van der Waals surface area (Å²) in [7, 11) is 0. The summed E-state index contributed by atoms with van der Waals surface area (Å²) in [5, 5.41) is 13.3. The van der Waals surface area contributed by atoms with Crippen molar-refractivity contribution < 1.29 is 9.63 Å². The van der Waals surface area contributed by atoms with Crippen LogP contribution in [0.5, 0.6) is 0 Å². The Morgan fingerprint density at radius 2 is 2.20 bits per heavy atom. The molecule has 15 heavy (non-hydrogen) atoms. The molecule has 78 valence electrons. The molecule has 0 aliphatic heterocycles. The highest BCUT2D eigenvalue weighted by Gasteiger charge is 2.09. The number of nitrogens with zero attached hydrogens (tertiary/aromatic N) is 1. The van der Waals surface area contributed by atoms with Gasteiger partial charge in [-0.2, -0.15) is 0 Å². The molecule has 0 atom stereocenters. The standard InChI is InChI=1S/C10H7BrClNO2/c11-6-1-2-9(12)8(3-6)10-4-7(5-14)15-13-10/h1-4,14H,5H2. The molecule has 5 heteroatoms. The number of benzene rings is 1. The monoisotopic (exact) mass is 287 g/mol. The van der Waals surface area contributed by atoms with Crippen LogP contribution in [0.3, 0.4) is 0 Å². The molecule has 0 aliphatic carbocycles. The second kappa shape index (κ2) is 4.35. The third kappa shape index (κ3) is 2.22. The van der Waals surface area contributed by atoms with Gasteiger partial charge < -0.3 is 9.63 Å². The Hall–Kier alpha value is -0.840.